The number of cyclic esters (lactones) is 1. The van der Waals surface area contributed by atoms with Crippen molar-refractivity contribution in [2.24, 2.45) is 29.6 Å². The molecule has 0 aromatic rings. The maximum atomic E-state index is 12.8. The molecule has 2 aliphatic carbocycles. The van der Waals surface area contributed by atoms with Crippen LogP contribution in [0.25, 0.3) is 0 Å². The van der Waals surface area contributed by atoms with Crippen molar-refractivity contribution in [1.82, 2.24) is 4.90 Å². The molecule has 104 valence electrons. The molecule has 2 amide bonds. The third-order valence-corrected chi connectivity index (χ3v) is 5.05. The van der Waals surface area contributed by atoms with Crippen LogP contribution in [0.5, 0.6) is 0 Å². The molecule has 5 atom stereocenters. The van der Waals surface area contributed by atoms with Gasteiger partial charge in [-0.25, -0.2) is 9.69 Å². The lowest BCUT2D eigenvalue weighted by Gasteiger charge is -2.30. The number of rotatable bonds is 2. The molecule has 19 heavy (non-hydrogen) atoms. The number of carbonyl (C=O) groups excluding carboxylic acids is 2. The maximum absolute atomic E-state index is 12.8. The standard InChI is InChI=1S/C15H21NO3/c1-8(2)12-7-19-15(18)16(12)14(17)13-9(3)10-4-5-11(13)6-10/h4-5,8-13H,6-7H2,1-3H3/t9-,10+,11-,12-,13+/m1/s1. The van der Waals surface area contributed by atoms with Gasteiger partial charge in [-0.1, -0.05) is 32.9 Å². The first-order valence-electron chi connectivity index (χ1n) is 7.19. The van der Waals surface area contributed by atoms with Gasteiger partial charge in [0, 0.05) is 5.92 Å². The van der Waals surface area contributed by atoms with E-state index in [9.17, 15) is 9.59 Å². The number of amides is 2. The first-order chi connectivity index (χ1) is 9.00. The van der Waals surface area contributed by atoms with Crippen LogP contribution < -0.4 is 0 Å². The topological polar surface area (TPSA) is 46.6 Å². The Bertz CT molecular complexity index is 443. The molecule has 0 unspecified atom stereocenters. The Morgan fingerprint density at radius 2 is 2.05 bits per heavy atom. The van der Waals surface area contributed by atoms with Crippen LogP contribution >= 0.6 is 0 Å². The number of nitrogens with zero attached hydrogens (tertiary/aromatic N) is 1. The van der Waals surface area contributed by atoms with Crippen molar-refractivity contribution in [3.8, 4) is 0 Å². The zero-order valence-electron chi connectivity index (χ0n) is 11.7. The fraction of sp³-hybridized carbons (Fsp3) is 0.733. The third kappa shape index (κ3) is 1.80. The Labute approximate surface area is 113 Å². The highest BCUT2D eigenvalue weighted by molar-refractivity contribution is 5.95. The Hall–Kier alpha value is -1.32. The molecule has 2 fully saturated rings. The SMILES string of the molecule is CC(C)[C@H]1COC(=O)N1C(=O)[C@H]1[C@H](C)[C@H]2C=C[C@@H]1C2. The molecule has 1 saturated carbocycles. The van der Waals surface area contributed by atoms with E-state index in [-0.39, 0.29) is 23.8 Å². The molecule has 2 bridgehead atoms. The molecule has 1 aliphatic heterocycles. The van der Waals surface area contributed by atoms with Crippen LogP contribution in [-0.2, 0) is 9.53 Å². The van der Waals surface area contributed by atoms with Crippen molar-refractivity contribution in [1.29, 1.82) is 0 Å². The quantitative estimate of drug-likeness (QED) is 0.719. The van der Waals surface area contributed by atoms with Crippen molar-refractivity contribution >= 4 is 12.0 Å². The lowest BCUT2D eigenvalue weighted by atomic mass is 9.83. The Morgan fingerprint density at radius 1 is 1.37 bits per heavy atom. The van der Waals surface area contributed by atoms with Crippen molar-refractivity contribution in [2.45, 2.75) is 33.2 Å². The monoisotopic (exact) mass is 263 g/mol. The van der Waals surface area contributed by atoms with Crippen molar-refractivity contribution in [3.05, 3.63) is 12.2 Å². The van der Waals surface area contributed by atoms with Gasteiger partial charge in [0.15, 0.2) is 0 Å². The molecule has 1 saturated heterocycles. The average molecular weight is 263 g/mol. The summed E-state index contributed by atoms with van der Waals surface area (Å²) in [5, 5.41) is 0. The summed E-state index contributed by atoms with van der Waals surface area (Å²) in [7, 11) is 0. The highest BCUT2D eigenvalue weighted by Gasteiger charge is 2.51. The molecule has 0 N–H and O–H groups in total. The Kier molecular flexibility index (Phi) is 2.91. The average Bonchev–Trinajstić information content (AvgIpc) is 3.01. The van der Waals surface area contributed by atoms with Gasteiger partial charge in [-0.05, 0) is 30.1 Å². The van der Waals surface area contributed by atoms with Crippen molar-refractivity contribution < 1.29 is 14.3 Å². The summed E-state index contributed by atoms with van der Waals surface area (Å²) < 4.78 is 5.08. The first-order valence-corrected chi connectivity index (χ1v) is 7.19. The van der Waals surface area contributed by atoms with E-state index in [1.54, 1.807) is 0 Å². The number of hydrogen-bond acceptors (Lipinski definition) is 3. The lowest BCUT2D eigenvalue weighted by Crippen LogP contribution is -2.47. The molecule has 0 radical (unpaired) electrons. The zero-order chi connectivity index (χ0) is 13.7. The van der Waals surface area contributed by atoms with Crippen LogP contribution in [0.4, 0.5) is 4.79 Å². The normalized spacial score (nSPS) is 40.3. The van der Waals surface area contributed by atoms with Crippen LogP contribution in [-0.4, -0.2) is 29.5 Å². The molecule has 0 aromatic carbocycles. The van der Waals surface area contributed by atoms with Crippen LogP contribution in [0.1, 0.15) is 27.2 Å². The molecule has 1 heterocycles. The van der Waals surface area contributed by atoms with E-state index >= 15 is 0 Å². The minimum atomic E-state index is -0.456. The number of imide groups is 1. The molecular formula is C15H21NO3. The minimum absolute atomic E-state index is 0.0226. The maximum Gasteiger partial charge on any atom is 0.416 e. The smallest absolute Gasteiger partial charge is 0.416 e. The molecule has 0 aromatic heterocycles. The number of hydrogen-bond donors (Lipinski definition) is 0. The van der Waals surface area contributed by atoms with E-state index in [0.717, 1.165) is 6.42 Å². The van der Waals surface area contributed by atoms with Gasteiger partial charge >= 0.3 is 6.09 Å². The summed E-state index contributed by atoms with van der Waals surface area (Å²) in [4.78, 5) is 26.0. The summed E-state index contributed by atoms with van der Waals surface area (Å²) in [6, 6.07) is -0.102. The van der Waals surface area contributed by atoms with Gasteiger partial charge < -0.3 is 4.74 Å². The van der Waals surface area contributed by atoms with Gasteiger partial charge in [-0.15, -0.1) is 0 Å². The fourth-order valence-electron chi connectivity index (χ4n) is 3.82. The van der Waals surface area contributed by atoms with Gasteiger partial charge in [0.25, 0.3) is 0 Å². The zero-order valence-corrected chi connectivity index (χ0v) is 11.7. The number of fused-ring (bicyclic) bond motifs is 2. The van der Waals surface area contributed by atoms with Gasteiger partial charge in [0.1, 0.15) is 6.61 Å². The van der Waals surface area contributed by atoms with Gasteiger partial charge in [0.05, 0.1) is 6.04 Å². The number of ether oxygens (including phenoxy) is 1. The third-order valence-electron chi connectivity index (χ3n) is 5.05. The summed E-state index contributed by atoms with van der Waals surface area (Å²) in [5.41, 5.74) is 0. The highest BCUT2D eigenvalue weighted by Crippen LogP contribution is 2.48. The molecule has 4 heteroatoms. The predicted molar refractivity (Wildman–Crippen MR) is 70.2 cm³/mol. The summed E-state index contributed by atoms with van der Waals surface area (Å²) in [6.45, 7) is 6.52. The van der Waals surface area contributed by atoms with E-state index < -0.39 is 6.09 Å². The van der Waals surface area contributed by atoms with E-state index in [2.05, 4.69) is 19.1 Å². The van der Waals surface area contributed by atoms with Gasteiger partial charge in [-0.3, -0.25) is 4.79 Å². The largest absolute Gasteiger partial charge is 0.447 e. The number of carbonyl (C=O) groups is 2. The van der Waals surface area contributed by atoms with Crippen LogP contribution in [0.3, 0.4) is 0 Å². The lowest BCUT2D eigenvalue weighted by molar-refractivity contribution is -0.136. The van der Waals surface area contributed by atoms with Crippen molar-refractivity contribution in [2.75, 3.05) is 6.61 Å². The summed E-state index contributed by atoms with van der Waals surface area (Å²) in [6.07, 6.45) is 4.98. The Morgan fingerprint density at radius 3 is 2.63 bits per heavy atom. The molecule has 3 aliphatic rings. The number of allylic oxidation sites excluding steroid dienone is 2. The molecular weight excluding hydrogens is 242 g/mol. The van der Waals surface area contributed by atoms with Gasteiger partial charge in [-0.2, -0.15) is 0 Å². The summed E-state index contributed by atoms with van der Waals surface area (Å²) in [5.74, 6) is 1.33. The Balaban J connectivity index is 1.83. The first kappa shape index (κ1) is 12.7. The summed E-state index contributed by atoms with van der Waals surface area (Å²) >= 11 is 0. The van der Waals surface area contributed by atoms with Crippen LogP contribution in [0.2, 0.25) is 0 Å². The molecule has 4 nitrogen and oxygen atoms in total. The second-order valence-corrected chi connectivity index (χ2v) is 6.43. The molecule has 0 spiro atoms. The van der Waals surface area contributed by atoms with Crippen molar-refractivity contribution in [3.63, 3.8) is 0 Å². The van der Waals surface area contributed by atoms with Crippen LogP contribution in [0, 0.1) is 29.6 Å². The fourth-order valence-corrected chi connectivity index (χ4v) is 3.82. The second kappa shape index (κ2) is 4.36. The highest BCUT2D eigenvalue weighted by atomic mass is 16.6. The predicted octanol–water partition coefficient (Wildman–Crippen LogP) is 2.45. The van der Waals surface area contributed by atoms with Gasteiger partial charge in [0.2, 0.25) is 5.91 Å². The van der Waals surface area contributed by atoms with E-state index in [0.29, 0.717) is 24.4 Å². The van der Waals surface area contributed by atoms with E-state index in [1.165, 1.54) is 4.90 Å². The van der Waals surface area contributed by atoms with Crippen LogP contribution in [0.15, 0.2) is 12.2 Å². The molecule has 3 rings (SSSR count). The minimum Gasteiger partial charge on any atom is -0.447 e. The second-order valence-electron chi connectivity index (χ2n) is 6.43. The van der Waals surface area contributed by atoms with E-state index in [1.807, 2.05) is 13.8 Å². The van der Waals surface area contributed by atoms with E-state index in [4.69, 9.17) is 4.74 Å².